The molecule has 0 aliphatic carbocycles. The highest BCUT2D eigenvalue weighted by Gasteiger charge is 2.38. The fourth-order valence-electron chi connectivity index (χ4n) is 1.30. The highest BCUT2D eigenvalue weighted by Crippen LogP contribution is 2.20. The molecule has 0 atom stereocenters. The van der Waals surface area contributed by atoms with Gasteiger partial charge >= 0.3 is 11.9 Å². The molecule has 0 saturated carbocycles. The summed E-state index contributed by atoms with van der Waals surface area (Å²) in [4.78, 5) is 25.7. The zero-order valence-corrected chi connectivity index (χ0v) is 9.61. The summed E-state index contributed by atoms with van der Waals surface area (Å²) in [6.07, 6.45) is 0. The quantitative estimate of drug-likeness (QED) is 0.648. The summed E-state index contributed by atoms with van der Waals surface area (Å²) in [5, 5.41) is 0. The Kier molecular flexibility index (Phi) is 3.87. The van der Waals surface area contributed by atoms with E-state index in [9.17, 15) is 9.59 Å². The molecule has 0 amide bonds. The third-order valence-corrected chi connectivity index (χ3v) is 2.03. The lowest BCUT2D eigenvalue weighted by molar-refractivity contribution is -0.147. The molecular formula is C10H15NO5. The molecule has 0 radical (unpaired) electrons. The predicted octanol–water partition coefficient (Wildman–Crippen LogP) is 0.300. The Labute approximate surface area is 93.6 Å². The van der Waals surface area contributed by atoms with Gasteiger partial charge in [-0.2, -0.15) is 0 Å². The number of esters is 2. The Morgan fingerprint density at radius 1 is 1.31 bits per heavy atom. The van der Waals surface area contributed by atoms with E-state index < -0.39 is 17.5 Å². The molecule has 0 saturated heterocycles. The molecule has 0 bridgehead atoms. The normalized spacial score (nSPS) is 17.3. The molecule has 0 unspecified atom stereocenters. The number of hydrogen-bond acceptors (Lipinski definition) is 6. The topological polar surface area (TPSA) is 74.2 Å². The molecule has 1 aliphatic rings. The van der Waals surface area contributed by atoms with E-state index in [1.165, 1.54) is 13.8 Å². The van der Waals surface area contributed by atoms with Crippen molar-refractivity contribution in [2.24, 2.45) is 4.99 Å². The van der Waals surface area contributed by atoms with Gasteiger partial charge in [0.15, 0.2) is 11.4 Å². The molecule has 16 heavy (non-hydrogen) atoms. The van der Waals surface area contributed by atoms with E-state index in [1.807, 2.05) is 0 Å². The Bertz CT molecular complexity index is 305. The summed E-state index contributed by atoms with van der Waals surface area (Å²) in [6.45, 7) is 4.67. The van der Waals surface area contributed by atoms with Gasteiger partial charge in [0.25, 0.3) is 0 Å². The number of aliphatic imine (C=N–C) groups is 1. The second kappa shape index (κ2) is 4.96. The average Bonchev–Trinajstić information content (AvgIpc) is 2.55. The summed E-state index contributed by atoms with van der Waals surface area (Å²) in [7, 11) is 0. The van der Waals surface area contributed by atoms with E-state index in [0.29, 0.717) is 5.90 Å². The average molecular weight is 229 g/mol. The van der Waals surface area contributed by atoms with Gasteiger partial charge in [0.2, 0.25) is 0 Å². The fraction of sp³-hybridized carbons (Fsp3) is 0.700. The molecule has 1 aliphatic heterocycles. The molecule has 6 heteroatoms. The number of ether oxygens (including phenoxy) is 3. The van der Waals surface area contributed by atoms with Crippen LogP contribution in [-0.4, -0.2) is 43.2 Å². The molecule has 1 heterocycles. The van der Waals surface area contributed by atoms with Crippen molar-refractivity contribution < 1.29 is 23.8 Å². The number of nitrogens with zero attached hydrogens (tertiary/aromatic N) is 1. The summed E-state index contributed by atoms with van der Waals surface area (Å²) >= 11 is 0. The summed E-state index contributed by atoms with van der Waals surface area (Å²) in [5.41, 5.74) is -0.790. The molecule has 0 fully saturated rings. The minimum atomic E-state index is -0.790. The van der Waals surface area contributed by atoms with Crippen molar-refractivity contribution in [3.8, 4) is 0 Å². The van der Waals surface area contributed by atoms with Crippen LogP contribution in [-0.2, 0) is 23.8 Å². The van der Waals surface area contributed by atoms with Gasteiger partial charge in [-0.25, -0.2) is 4.99 Å². The van der Waals surface area contributed by atoms with Crippen LogP contribution in [0.4, 0.5) is 0 Å². The highest BCUT2D eigenvalue weighted by atomic mass is 16.6. The standard InChI is InChI=1S/C10H15NO5/c1-7-11-10(4-14-7,5-15-8(2)12)6-16-9(3)13/h4-6H2,1-3H3. The first-order valence-electron chi connectivity index (χ1n) is 4.89. The molecule has 6 nitrogen and oxygen atoms in total. The van der Waals surface area contributed by atoms with E-state index in [1.54, 1.807) is 6.92 Å². The van der Waals surface area contributed by atoms with Crippen LogP contribution in [0, 0.1) is 0 Å². The maximum absolute atomic E-state index is 10.7. The van der Waals surface area contributed by atoms with Gasteiger partial charge < -0.3 is 14.2 Å². The fourth-order valence-corrected chi connectivity index (χ4v) is 1.30. The maximum Gasteiger partial charge on any atom is 0.302 e. The van der Waals surface area contributed by atoms with Crippen LogP contribution in [0.15, 0.2) is 4.99 Å². The highest BCUT2D eigenvalue weighted by molar-refractivity contribution is 5.75. The van der Waals surface area contributed by atoms with Gasteiger partial charge in [0, 0.05) is 20.8 Å². The zero-order valence-electron chi connectivity index (χ0n) is 9.61. The molecule has 0 aromatic heterocycles. The second-order valence-electron chi connectivity index (χ2n) is 3.70. The first-order chi connectivity index (χ1) is 7.43. The molecule has 0 aromatic rings. The summed E-state index contributed by atoms with van der Waals surface area (Å²) < 4.78 is 15.0. The number of carbonyl (C=O) groups is 2. The van der Waals surface area contributed by atoms with Crippen LogP contribution >= 0.6 is 0 Å². The maximum atomic E-state index is 10.7. The van der Waals surface area contributed by atoms with Gasteiger partial charge in [0.1, 0.15) is 19.8 Å². The lowest BCUT2D eigenvalue weighted by Crippen LogP contribution is -2.40. The first-order valence-corrected chi connectivity index (χ1v) is 4.89. The lowest BCUT2D eigenvalue weighted by atomic mass is 10.1. The number of hydrogen-bond donors (Lipinski definition) is 0. The third kappa shape index (κ3) is 3.52. The van der Waals surface area contributed by atoms with Crippen molar-refractivity contribution in [2.75, 3.05) is 19.8 Å². The van der Waals surface area contributed by atoms with Gasteiger partial charge in [0.05, 0.1) is 0 Å². The van der Waals surface area contributed by atoms with Gasteiger partial charge in [-0.15, -0.1) is 0 Å². The van der Waals surface area contributed by atoms with Crippen LogP contribution in [0.5, 0.6) is 0 Å². The molecule has 1 rings (SSSR count). The van der Waals surface area contributed by atoms with Crippen LogP contribution in [0.3, 0.4) is 0 Å². The SMILES string of the molecule is CC(=O)OCC1(COC(C)=O)COC(C)=N1. The van der Waals surface area contributed by atoms with E-state index in [2.05, 4.69) is 4.99 Å². The van der Waals surface area contributed by atoms with E-state index in [4.69, 9.17) is 14.2 Å². The molecule has 90 valence electrons. The third-order valence-electron chi connectivity index (χ3n) is 2.03. The Morgan fingerprint density at radius 3 is 2.12 bits per heavy atom. The smallest absolute Gasteiger partial charge is 0.302 e. The van der Waals surface area contributed by atoms with Crippen molar-refractivity contribution in [1.29, 1.82) is 0 Å². The summed E-state index contributed by atoms with van der Waals surface area (Å²) in [6, 6.07) is 0. The molecular weight excluding hydrogens is 214 g/mol. The van der Waals surface area contributed by atoms with Gasteiger partial charge in [-0.1, -0.05) is 0 Å². The Balaban J connectivity index is 2.62. The lowest BCUT2D eigenvalue weighted by Gasteiger charge is -2.22. The minimum absolute atomic E-state index is 0.0486. The van der Waals surface area contributed by atoms with Crippen molar-refractivity contribution >= 4 is 17.8 Å². The van der Waals surface area contributed by atoms with Crippen LogP contribution < -0.4 is 0 Å². The zero-order chi connectivity index (χ0) is 12.2. The van der Waals surface area contributed by atoms with Crippen molar-refractivity contribution in [3.63, 3.8) is 0 Å². The molecule has 0 N–H and O–H groups in total. The molecule has 0 spiro atoms. The van der Waals surface area contributed by atoms with Crippen LogP contribution in [0.1, 0.15) is 20.8 Å². The largest absolute Gasteiger partial charge is 0.478 e. The van der Waals surface area contributed by atoms with Gasteiger partial charge in [-0.05, 0) is 0 Å². The Morgan fingerprint density at radius 2 is 1.81 bits per heavy atom. The predicted molar refractivity (Wildman–Crippen MR) is 55.1 cm³/mol. The van der Waals surface area contributed by atoms with E-state index in [0.717, 1.165) is 0 Å². The van der Waals surface area contributed by atoms with E-state index in [-0.39, 0.29) is 19.8 Å². The van der Waals surface area contributed by atoms with Crippen molar-refractivity contribution in [2.45, 2.75) is 26.3 Å². The van der Waals surface area contributed by atoms with Crippen molar-refractivity contribution in [3.05, 3.63) is 0 Å². The molecule has 0 aromatic carbocycles. The van der Waals surface area contributed by atoms with Crippen molar-refractivity contribution in [1.82, 2.24) is 0 Å². The first kappa shape index (κ1) is 12.5. The monoisotopic (exact) mass is 229 g/mol. The Hall–Kier alpha value is -1.59. The number of carbonyl (C=O) groups excluding carboxylic acids is 2. The number of rotatable bonds is 4. The van der Waals surface area contributed by atoms with E-state index >= 15 is 0 Å². The summed E-state index contributed by atoms with van der Waals surface area (Å²) in [5.74, 6) is -0.303. The van der Waals surface area contributed by atoms with Crippen LogP contribution in [0.25, 0.3) is 0 Å². The van der Waals surface area contributed by atoms with Gasteiger partial charge in [-0.3, -0.25) is 9.59 Å². The minimum Gasteiger partial charge on any atom is -0.478 e. The van der Waals surface area contributed by atoms with Crippen LogP contribution in [0.2, 0.25) is 0 Å². The second-order valence-corrected chi connectivity index (χ2v) is 3.70.